The Kier molecular flexibility index (Phi) is 7.52. The summed E-state index contributed by atoms with van der Waals surface area (Å²) in [6.45, 7) is 0.354. The molecule has 2 heterocycles. The smallest absolute Gasteiger partial charge is 0.250 e. The Morgan fingerprint density at radius 3 is 2.87 bits per heavy atom. The Hall–Kier alpha value is -2.79. The molecule has 3 N–H and O–H groups in total. The van der Waals surface area contributed by atoms with Crippen LogP contribution in [0, 0.1) is 11.8 Å². The predicted molar refractivity (Wildman–Crippen MR) is 105 cm³/mol. The normalized spacial score (nSPS) is 20.1. The van der Waals surface area contributed by atoms with Gasteiger partial charge in [-0.05, 0) is 18.8 Å². The Morgan fingerprint density at radius 2 is 2.17 bits per heavy atom. The first-order valence-corrected chi connectivity index (χ1v) is 10.2. The summed E-state index contributed by atoms with van der Waals surface area (Å²) in [5.41, 5.74) is 2.97. The average molecular weight is 420 g/mol. The number of amides is 3. The number of rotatable bonds is 9. The molecule has 164 valence electrons. The highest BCUT2D eigenvalue weighted by Crippen LogP contribution is 2.31. The van der Waals surface area contributed by atoms with Crippen molar-refractivity contribution in [1.29, 1.82) is 0 Å². The van der Waals surface area contributed by atoms with Crippen LogP contribution in [-0.2, 0) is 14.4 Å². The van der Waals surface area contributed by atoms with Crippen molar-refractivity contribution >= 4 is 24.0 Å². The highest BCUT2D eigenvalue weighted by atomic mass is 16.5. The van der Waals surface area contributed by atoms with Gasteiger partial charge in [0.15, 0.2) is 5.82 Å². The maximum absolute atomic E-state index is 13.2. The number of hydrogen-bond donors (Lipinski definition) is 3. The van der Waals surface area contributed by atoms with Crippen LogP contribution >= 0.6 is 0 Å². The summed E-state index contributed by atoms with van der Waals surface area (Å²) in [4.78, 5) is 45.0. The standard InChI is InChI=1S/C19H28N6O5/c1-30-17-10-20-9-16(22-17)23-18(27)15-6-7-21-25(15)19(28)14(11-24(29)12-26)8-13-4-2-3-5-13/h9-10,12-15,21,29H,2-8,11H2,1H3,(H,22,23,27). The van der Waals surface area contributed by atoms with Gasteiger partial charge in [0, 0.05) is 6.54 Å². The molecule has 1 aromatic rings. The van der Waals surface area contributed by atoms with Crippen LogP contribution in [0.5, 0.6) is 5.88 Å². The molecule has 30 heavy (non-hydrogen) atoms. The fourth-order valence-electron chi connectivity index (χ4n) is 4.12. The third kappa shape index (κ3) is 5.42. The van der Waals surface area contributed by atoms with Crippen molar-refractivity contribution in [2.24, 2.45) is 11.8 Å². The van der Waals surface area contributed by atoms with Gasteiger partial charge >= 0.3 is 0 Å². The molecule has 0 aromatic carbocycles. The van der Waals surface area contributed by atoms with Gasteiger partial charge in [0.1, 0.15) is 6.04 Å². The summed E-state index contributed by atoms with van der Waals surface area (Å²) in [5.74, 6) is -0.437. The number of methoxy groups -OCH3 is 1. The zero-order valence-electron chi connectivity index (χ0n) is 17.0. The van der Waals surface area contributed by atoms with Gasteiger partial charge in [-0.2, -0.15) is 4.98 Å². The number of hydroxylamine groups is 2. The number of carbonyl (C=O) groups is 3. The third-order valence-electron chi connectivity index (χ3n) is 5.60. The van der Waals surface area contributed by atoms with Gasteiger partial charge in [0.25, 0.3) is 0 Å². The zero-order valence-corrected chi connectivity index (χ0v) is 17.0. The molecular weight excluding hydrogens is 392 g/mol. The molecule has 0 radical (unpaired) electrons. The maximum atomic E-state index is 13.2. The van der Waals surface area contributed by atoms with E-state index >= 15 is 0 Å². The maximum Gasteiger partial charge on any atom is 0.250 e. The summed E-state index contributed by atoms with van der Waals surface area (Å²) in [6.07, 6.45) is 8.41. The van der Waals surface area contributed by atoms with Gasteiger partial charge in [-0.15, -0.1) is 0 Å². The van der Waals surface area contributed by atoms with Crippen molar-refractivity contribution < 1.29 is 24.3 Å². The van der Waals surface area contributed by atoms with E-state index < -0.39 is 17.9 Å². The summed E-state index contributed by atoms with van der Waals surface area (Å²) >= 11 is 0. The number of aromatic nitrogens is 2. The molecule has 2 atom stereocenters. The zero-order chi connectivity index (χ0) is 21.5. The summed E-state index contributed by atoms with van der Waals surface area (Å²) in [7, 11) is 1.45. The number of hydrogen-bond acceptors (Lipinski definition) is 8. The van der Waals surface area contributed by atoms with Crippen molar-refractivity contribution in [2.75, 3.05) is 25.5 Å². The van der Waals surface area contributed by atoms with Crippen LogP contribution in [0.1, 0.15) is 38.5 Å². The van der Waals surface area contributed by atoms with Crippen molar-refractivity contribution in [1.82, 2.24) is 25.5 Å². The average Bonchev–Trinajstić information content (AvgIpc) is 3.44. The number of nitrogens with one attached hydrogen (secondary N) is 2. The SMILES string of the molecule is COc1cncc(NC(=O)C2CCNN2C(=O)C(CC2CCCC2)CN(O)C=O)n1. The molecule has 11 heteroatoms. The van der Waals surface area contributed by atoms with Crippen molar-refractivity contribution in [3.8, 4) is 5.88 Å². The lowest BCUT2D eigenvalue weighted by atomic mass is 9.92. The minimum atomic E-state index is -0.736. The van der Waals surface area contributed by atoms with Gasteiger partial charge in [0.2, 0.25) is 24.1 Å². The van der Waals surface area contributed by atoms with E-state index in [0.717, 1.165) is 25.7 Å². The van der Waals surface area contributed by atoms with Crippen LogP contribution < -0.4 is 15.5 Å². The molecule has 1 aliphatic heterocycles. The molecule has 1 aromatic heterocycles. The van der Waals surface area contributed by atoms with Crippen LogP contribution in [-0.4, -0.2) is 69.7 Å². The second kappa shape index (κ2) is 10.3. The van der Waals surface area contributed by atoms with E-state index in [4.69, 9.17) is 4.74 Å². The van der Waals surface area contributed by atoms with Crippen molar-refractivity contribution in [3.63, 3.8) is 0 Å². The van der Waals surface area contributed by atoms with E-state index in [0.29, 0.717) is 30.4 Å². The molecule has 2 fully saturated rings. The van der Waals surface area contributed by atoms with E-state index in [2.05, 4.69) is 20.7 Å². The number of hydrazine groups is 1. The molecule has 1 saturated heterocycles. The lowest BCUT2D eigenvalue weighted by molar-refractivity contribution is -0.159. The van der Waals surface area contributed by atoms with Gasteiger partial charge < -0.3 is 10.1 Å². The van der Waals surface area contributed by atoms with Crippen LogP contribution in [0.25, 0.3) is 0 Å². The molecule has 0 bridgehead atoms. The molecule has 2 aliphatic rings. The van der Waals surface area contributed by atoms with Crippen LogP contribution in [0.15, 0.2) is 12.4 Å². The summed E-state index contributed by atoms with van der Waals surface area (Å²) in [5, 5.41) is 14.2. The topological polar surface area (TPSA) is 137 Å². The van der Waals surface area contributed by atoms with Crippen molar-refractivity contribution in [2.45, 2.75) is 44.6 Å². The molecule has 3 amide bonds. The quantitative estimate of drug-likeness (QED) is 0.300. The lowest BCUT2D eigenvalue weighted by Gasteiger charge is -2.29. The van der Waals surface area contributed by atoms with E-state index in [1.807, 2.05) is 0 Å². The minimum Gasteiger partial charge on any atom is -0.480 e. The van der Waals surface area contributed by atoms with E-state index in [-0.39, 0.29) is 30.6 Å². The predicted octanol–water partition coefficient (Wildman–Crippen LogP) is 0.573. The number of anilines is 1. The van der Waals surface area contributed by atoms with E-state index in [1.165, 1.54) is 24.5 Å². The molecule has 2 unspecified atom stereocenters. The molecule has 0 spiro atoms. The largest absolute Gasteiger partial charge is 0.480 e. The molecule has 1 aliphatic carbocycles. The monoisotopic (exact) mass is 420 g/mol. The third-order valence-corrected chi connectivity index (χ3v) is 5.60. The first kappa shape index (κ1) is 21.9. The number of nitrogens with zero attached hydrogens (tertiary/aromatic N) is 4. The van der Waals surface area contributed by atoms with E-state index in [1.54, 1.807) is 0 Å². The number of ether oxygens (including phenoxy) is 1. The van der Waals surface area contributed by atoms with Gasteiger partial charge in [-0.3, -0.25) is 29.6 Å². The summed E-state index contributed by atoms with van der Waals surface area (Å²) in [6, 6.07) is -0.736. The minimum absolute atomic E-state index is 0.104. The Bertz CT molecular complexity index is 757. The summed E-state index contributed by atoms with van der Waals surface area (Å²) < 4.78 is 5.00. The first-order chi connectivity index (χ1) is 14.5. The molecule has 1 saturated carbocycles. The highest BCUT2D eigenvalue weighted by Gasteiger charge is 2.39. The molecule has 3 rings (SSSR count). The number of carbonyl (C=O) groups excluding carboxylic acids is 3. The highest BCUT2D eigenvalue weighted by molar-refractivity contribution is 5.97. The van der Waals surface area contributed by atoms with Gasteiger partial charge in [-0.1, -0.05) is 25.7 Å². The van der Waals surface area contributed by atoms with Crippen LogP contribution in [0.2, 0.25) is 0 Å². The lowest BCUT2D eigenvalue weighted by Crippen LogP contribution is -2.51. The fourth-order valence-corrected chi connectivity index (χ4v) is 4.12. The Labute approximate surface area is 174 Å². The second-order valence-electron chi connectivity index (χ2n) is 7.67. The van der Waals surface area contributed by atoms with Crippen molar-refractivity contribution in [3.05, 3.63) is 12.4 Å². The first-order valence-electron chi connectivity index (χ1n) is 10.2. The Balaban J connectivity index is 1.69. The van der Waals surface area contributed by atoms with Crippen LogP contribution in [0.4, 0.5) is 5.82 Å². The van der Waals surface area contributed by atoms with Crippen LogP contribution in [0.3, 0.4) is 0 Å². The Morgan fingerprint density at radius 1 is 1.40 bits per heavy atom. The molecular formula is C19H28N6O5. The molecule has 11 nitrogen and oxygen atoms in total. The van der Waals surface area contributed by atoms with Gasteiger partial charge in [-0.25, -0.2) is 10.5 Å². The van der Waals surface area contributed by atoms with Gasteiger partial charge in [0.05, 0.1) is 32.0 Å². The van der Waals surface area contributed by atoms with E-state index in [9.17, 15) is 19.6 Å². The fraction of sp³-hybridized carbons (Fsp3) is 0.632. The second-order valence-corrected chi connectivity index (χ2v) is 7.67.